The van der Waals surface area contributed by atoms with Gasteiger partial charge in [0.05, 0.1) is 0 Å². The third-order valence-electron chi connectivity index (χ3n) is 1.17. The number of unbranched alkanes of at least 4 members (excludes halogenated alkanes) is 4. The van der Waals surface area contributed by atoms with E-state index < -0.39 is 0 Å². The van der Waals surface area contributed by atoms with Gasteiger partial charge < -0.3 is 12.4 Å². The van der Waals surface area contributed by atoms with Crippen molar-refractivity contribution in [2.24, 2.45) is 0 Å². The Balaban J connectivity index is -0.0000000424. The fraction of sp³-hybridized carbons (Fsp3) is 0.818. The van der Waals surface area contributed by atoms with Crippen molar-refractivity contribution in [3.8, 4) is 12.3 Å². The van der Waals surface area contributed by atoms with Gasteiger partial charge in [0.15, 0.2) is 0 Å². The Morgan fingerprint density at radius 2 is 1.57 bits per heavy atom. The first kappa shape index (κ1) is 24.6. The fourth-order valence-electron chi connectivity index (χ4n) is 0.654. The zero-order chi connectivity index (χ0) is 9.82. The van der Waals surface area contributed by atoms with E-state index in [1.807, 2.05) is 0 Å². The van der Waals surface area contributed by atoms with Gasteiger partial charge in [0.1, 0.15) is 0 Å². The van der Waals surface area contributed by atoms with Gasteiger partial charge in [0, 0.05) is 7.85 Å². The van der Waals surface area contributed by atoms with Gasteiger partial charge in [-0.25, -0.2) is 0 Å². The smallest absolute Gasteiger partial charge is 1.00 e. The summed E-state index contributed by atoms with van der Waals surface area (Å²) >= 11 is -0.139. The average Bonchev–Trinajstić information content (AvgIpc) is 1.97. The largest absolute Gasteiger partial charge is 1.00 e. The average molecular weight is 243 g/mol. The Kier molecular flexibility index (Phi) is 41.9. The minimum Gasteiger partial charge on any atom is -1.00 e. The SMILES string of the molecule is C#CCCCCCC.[CH3][Al]([CH3])[CH3].[Cl-].[HH].[Na+]. The molecule has 0 saturated carbocycles. The summed E-state index contributed by atoms with van der Waals surface area (Å²) in [5.41, 5.74) is 0. The predicted octanol–water partition coefficient (Wildman–Crippen LogP) is -1.79. The van der Waals surface area contributed by atoms with Crippen molar-refractivity contribution in [1.82, 2.24) is 0 Å². The molecule has 0 aromatic carbocycles. The summed E-state index contributed by atoms with van der Waals surface area (Å²) in [5, 5.41) is 0. The van der Waals surface area contributed by atoms with E-state index in [2.05, 4.69) is 30.2 Å². The van der Waals surface area contributed by atoms with Crippen LogP contribution in [-0.2, 0) is 0 Å². The van der Waals surface area contributed by atoms with E-state index in [1.165, 1.54) is 25.7 Å². The van der Waals surface area contributed by atoms with E-state index in [0.717, 1.165) is 6.42 Å². The molecule has 0 saturated heterocycles. The molecule has 0 heterocycles. The van der Waals surface area contributed by atoms with Crippen molar-refractivity contribution in [2.45, 2.75) is 56.4 Å². The van der Waals surface area contributed by atoms with Gasteiger partial charge in [-0.3, -0.25) is 0 Å². The molecule has 0 amide bonds. The van der Waals surface area contributed by atoms with Crippen molar-refractivity contribution < 1.29 is 43.4 Å². The maximum atomic E-state index is 5.06. The predicted molar refractivity (Wildman–Crippen MR) is 63.1 cm³/mol. The summed E-state index contributed by atoms with van der Waals surface area (Å²) in [5.74, 6) is 9.54. The number of halogens is 1. The van der Waals surface area contributed by atoms with Crippen LogP contribution in [0.4, 0.5) is 0 Å². The van der Waals surface area contributed by atoms with E-state index in [9.17, 15) is 0 Å². The first-order chi connectivity index (χ1) is 5.65. The number of terminal acetylenes is 1. The van der Waals surface area contributed by atoms with Crippen molar-refractivity contribution in [3.63, 3.8) is 0 Å². The summed E-state index contributed by atoms with van der Waals surface area (Å²) in [6, 6.07) is 0. The molecule has 0 rings (SSSR count). The fourth-order valence-corrected chi connectivity index (χ4v) is 0.654. The number of hydrogen-bond acceptors (Lipinski definition) is 0. The molecule has 0 N–H and O–H groups in total. The molecule has 0 aromatic rings. The molecule has 0 atom stereocenters. The standard InChI is InChI=1S/C8H14.3CH3.Al.ClH.Na.H2/c1-3-5-7-8-6-4-2;;;;;;;/h1H,4-8H2,2H3;3*1H3;;1H;;1H/q;;;;;;+1;/p-1. The zero-order valence-corrected chi connectivity index (χ0v) is 14.5. The van der Waals surface area contributed by atoms with E-state index in [4.69, 9.17) is 6.42 Å². The second-order valence-corrected chi connectivity index (χ2v) is 7.21. The molecule has 80 valence electrons. The van der Waals surface area contributed by atoms with E-state index in [1.54, 1.807) is 0 Å². The van der Waals surface area contributed by atoms with Gasteiger partial charge in [0.2, 0.25) is 0 Å². The number of rotatable bonds is 4. The molecule has 0 unspecified atom stereocenters. The molecule has 0 bridgehead atoms. The Bertz CT molecular complexity index is 113. The summed E-state index contributed by atoms with van der Waals surface area (Å²) in [6.07, 6.45) is 11.2. The Morgan fingerprint density at radius 3 is 1.86 bits per heavy atom. The second kappa shape index (κ2) is 23.9. The molecule has 0 aliphatic heterocycles. The quantitative estimate of drug-likeness (QED) is 0.311. The van der Waals surface area contributed by atoms with E-state index >= 15 is 0 Å². The minimum absolute atomic E-state index is 0. The molecule has 0 aliphatic carbocycles. The molecule has 0 spiro atoms. The zero-order valence-electron chi connectivity index (χ0n) is 10.6. The molecular formula is C11H25AlClNa. The van der Waals surface area contributed by atoms with Crippen LogP contribution < -0.4 is 42.0 Å². The van der Waals surface area contributed by atoms with Crippen LogP contribution in [-0.4, -0.2) is 14.1 Å². The van der Waals surface area contributed by atoms with E-state index in [-0.39, 0.29) is 57.5 Å². The van der Waals surface area contributed by atoms with Crippen molar-refractivity contribution >= 4 is 14.1 Å². The Hall–Kier alpha value is 1.38. The topological polar surface area (TPSA) is 0 Å². The van der Waals surface area contributed by atoms with Crippen molar-refractivity contribution in [1.29, 1.82) is 0 Å². The van der Waals surface area contributed by atoms with Crippen LogP contribution in [0.2, 0.25) is 17.4 Å². The Labute approximate surface area is 125 Å². The maximum Gasteiger partial charge on any atom is 1.00 e. The summed E-state index contributed by atoms with van der Waals surface area (Å²) < 4.78 is 0. The van der Waals surface area contributed by atoms with Crippen LogP contribution in [0.15, 0.2) is 0 Å². The van der Waals surface area contributed by atoms with Crippen LogP contribution in [0, 0.1) is 12.3 Å². The molecule has 0 nitrogen and oxygen atoms in total. The van der Waals surface area contributed by atoms with Gasteiger partial charge in [-0.15, -0.1) is 29.7 Å². The van der Waals surface area contributed by atoms with Gasteiger partial charge in [-0.1, -0.05) is 26.2 Å². The molecule has 0 radical (unpaired) electrons. The summed E-state index contributed by atoms with van der Waals surface area (Å²) in [6.45, 7) is 2.20. The first-order valence-electron chi connectivity index (χ1n) is 5.08. The van der Waals surface area contributed by atoms with Gasteiger partial charge >= 0.3 is 29.6 Å². The van der Waals surface area contributed by atoms with Crippen LogP contribution >= 0.6 is 0 Å². The molecule has 0 aliphatic rings. The maximum absolute atomic E-state index is 5.06. The molecule has 0 fully saturated rings. The third-order valence-corrected chi connectivity index (χ3v) is 1.17. The monoisotopic (exact) mass is 242 g/mol. The number of hydrogen-bond donors (Lipinski definition) is 0. The van der Waals surface area contributed by atoms with Gasteiger partial charge in [0.25, 0.3) is 14.1 Å². The van der Waals surface area contributed by atoms with Gasteiger partial charge in [-0.05, 0) is 6.42 Å². The van der Waals surface area contributed by atoms with Crippen LogP contribution in [0.5, 0.6) is 0 Å². The van der Waals surface area contributed by atoms with Crippen LogP contribution in [0.3, 0.4) is 0 Å². The normalized spacial score (nSPS) is 6.79. The van der Waals surface area contributed by atoms with Crippen molar-refractivity contribution in [3.05, 3.63) is 0 Å². The van der Waals surface area contributed by atoms with Crippen LogP contribution in [0.25, 0.3) is 0 Å². The van der Waals surface area contributed by atoms with Gasteiger partial charge in [-0.2, -0.15) is 0 Å². The summed E-state index contributed by atoms with van der Waals surface area (Å²) in [4.78, 5) is 0. The summed E-state index contributed by atoms with van der Waals surface area (Å²) in [7, 11) is 0. The van der Waals surface area contributed by atoms with Crippen molar-refractivity contribution in [2.75, 3.05) is 0 Å². The molecule has 0 aromatic heterocycles. The molecular weight excluding hydrogens is 218 g/mol. The second-order valence-electron chi connectivity index (χ2n) is 3.75. The Morgan fingerprint density at radius 1 is 1.14 bits per heavy atom. The molecule has 3 heteroatoms. The molecule has 14 heavy (non-hydrogen) atoms. The first-order valence-corrected chi connectivity index (χ1v) is 8.55. The third kappa shape index (κ3) is 50.4. The van der Waals surface area contributed by atoms with Crippen LogP contribution in [0.1, 0.15) is 40.5 Å². The minimum atomic E-state index is -0.139. The van der Waals surface area contributed by atoms with E-state index in [0.29, 0.717) is 0 Å².